The fraction of sp³-hybridized carbons (Fsp3) is 0.407. The van der Waals surface area contributed by atoms with Crippen LogP contribution in [0.25, 0.3) is 5.57 Å². The lowest BCUT2D eigenvalue weighted by Crippen LogP contribution is -2.26. The number of allylic oxidation sites excluding steroid dienone is 1. The van der Waals surface area contributed by atoms with Crippen molar-refractivity contribution in [1.82, 2.24) is 0 Å². The number of hydrogen-bond donors (Lipinski definition) is 1. The number of benzene rings is 2. The average Bonchev–Trinajstić information content (AvgIpc) is 2.82. The molecule has 0 radical (unpaired) electrons. The number of ether oxygens (including phenoxy) is 1. The van der Waals surface area contributed by atoms with Crippen molar-refractivity contribution in [3.05, 3.63) is 73.5 Å². The number of aromatic hydroxyl groups is 1. The van der Waals surface area contributed by atoms with E-state index in [1.165, 1.54) is 43.4 Å². The number of rotatable bonds is 14. The summed E-state index contributed by atoms with van der Waals surface area (Å²) in [6, 6.07) is 11.1. The van der Waals surface area contributed by atoms with Crippen LogP contribution in [0.2, 0.25) is 0 Å². The number of thioether (sulfide) groups is 2. The van der Waals surface area contributed by atoms with Gasteiger partial charge in [0, 0.05) is 23.8 Å². The molecule has 0 saturated carbocycles. The predicted octanol–water partition coefficient (Wildman–Crippen LogP) is 6.58. The molecule has 0 fully saturated rings. The van der Waals surface area contributed by atoms with Crippen molar-refractivity contribution in [2.45, 2.75) is 53.0 Å². The van der Waals surface area contributed by atoms with E-state index in [4.69, 9.17) is 4.74 Å². The van der Waals surface area contributed by atoms with Crippen molar-refractivity contribution in [1.29, 1.82) is 0 Å². The third kappa shape index (κ3) is 7.36. The summed E-state index contributed by atoms with van der Waals surface area (Å²) in [5.74, 6) is 0.0891. The van der Waals surface area contributed by atoms with Crippen LogP contribution in [0.15, 0.2) is 46.7 Å². The molecule has 0 heterocycles. The summed E-state index contributed by atoms with van der Waals surface area (Å²) in [7, 11) is 0. The van der Waals surface area contributed by atoms with Crippen molar-refractivity contribution in [3.63, 3.8) is 0 Å². The van der Waals surface area contributed by atoms with Crippen LogP contribution in [0.1, 0.15) is 68.4 Å². The Kier molecular flexibility index (Phi) is 11.5. The second kappa shape index (κ2) is 14.1. The van der Waals surface area contributed by atoms with E-state index in [9.17, 15) is 24.8 Å². The van der Waals surface area contributed by atoms with Gasteiger partial charge in [0.05, 0.1) is 16.8 Å². The van der Waals surface area contributed by atoms with Gasteiger partial charge in [-0.2, -0.15) is 0 Å². The Morgan fingerprint density at radius 2 is 1.69 bits per heavy atom. The number of phenolic OH excluding ortho intramolecular Hbond substituents is 1. The fourth-order valence-corrected chi connectivity index (χ4v) is 6.24. The van der Waals surface area contributed by atoms with Gasteiger partial charge in [-0.3, -0.25) is 19.7 Å². The molecule has 9 heteroatoms. The Balaban J connectivity index is 2.71. The molecule has 2 aromatic rings. The monoisotopic (exact) mass is 531 g/mol. The lowest BCUT2D eigenvalue weighted by atomic mass is 9.85. The van der Waals surface area contributed by atoms with Gasteiger partial charge in [0.1, 0.15) is 17.1 Å². The standard InChI is InChI=1S/C27H33NO6S2/c1-6-34-24-15-20(14-22(30)25(24)18(5)29)26(27(35-7-2)36-8-3)23(31)16-21(17(4)28(32)33)19-12-10-9-11-13-19/h9-15,17,21,30H,6-8,16H2,1-5H3. The van der Waals surface area contributed by atoms with Gasteiger partial charge < -0.3 is 9.84 Å². The number of ketones is 2. The number of phenols is 1. The summed E-state index contributed by atoms with van der Waals surface area (Å²) in [6.45, 7) is 8.85. The molecular formula is C27H33NO6S2. The fourth-order valence-electron chi connectivity index (χ4n) is 3.93. The largest absolute Gasteiger partial charge is 0.507 e. The van der Waals surface area contributed by atoms with Crippen LogP contribution in [-0.4, -0.2) is 45.8 Å². The van der Waals surface area contributed by atoms with E-state index in [2.05, 4.69) is 0 Å². The first-order chi connectivity index (χ1) is 17.2. The average molecular weight is 532 g/mol. The first-order valence-electron chi connectivity index (χ1n) is 11.9. The summed E-state index contributed by atoms with van der Waals surface area (Å²) in [5, 5.41) is 22.5. The number of carbonyl (C=O) groups excluding carboxylic acids is 2. The number of Topliss-reactive ketones (excluding diaryl/α,β-unsaturated/α-hetero) is 2. The van der Waals surface area contributed by atoms with Crippen LogP contribution in [0.3, 0.4) is 0 Å². The second-order valence-electron chi connectivity index (χ2n) is 8.06. The highest BCUT2D eigenvalue weighted by Crippen LogP contribution is 2.42. The number of hydrogen-bond acceptors (Lipinski definition) is 8. The molecule has 0 saturated heterocycles. The van der Waals surface area contributed by atoms with Crippen molar-refractivity contribution in [3.8, 4) is 11.5 Å². The van der Waals surface area contributed by atoms with E-state index in [1.54, 1.807) is 37.3 Å². The van der Waals surface area contributed by atoms with Crippen molar-refractivity contribution in [2.75, 3.05) is 18.1 Å². The minimum Gasteiger partial charge on any atom is -0.507 e. The van der Waals surface area contributed by atoms with E-state index in [0.717, 1.165) is 4.24 Å². The van der Waals surface area contributed by atoms with Gasteiger partial charge in [-0.05, 0) is 48.6 Å². The van der Waals surface area contributed by atoms with Crippen LogP contribution in [-0.2, 0) is 4.79 Å². The molecule has 0 bridgehead atoms. The first-order valence-corrected chi connectivity index (χ1v) is 13.9. The molecule has 2 unspecified atom stereocenters. The molecule has 0 aromatic heterocycles. The van der Waals surface area contributed by atoms with Crippen molar-refractivity contribution in [2.24, 2.45) is 0 Å². The lowest BCUT2D eigenvalue weighted by molar-refractivity contribution is -0.522. The van der Waals surface area contributed by atoms with Crippen molar-refractivity contribution >= 4 is 40.7 Å². The Labute approximate surface area is 220 Å². The normalized spacial score (nSPS) is 12.5. The smallest absolute Gasteiger partial charge is 0.217 e. The Morgan fingerprint density at radius 3 is 2.19 bits per heavy atom. The number of carbonyl (C=O) groups is 2. The molecule has 2 aromatic carbocycles. The van der Waals surface area contributed by atoms with Crippen LogP contribution >= 0.6 is 23.5 Å². The van der Waals surface area contributed by atoms with Crippen LogP contribution in [0.4, 0.5) is 0 Å². The Hall–Kier alpha value is -2.78. The molecule has 0 spiro atoms. The molecule has 194 valence electrons. The first kappa shape index (κ1) is 29.5. The van der Waals surface area contributed by atoms with Gasteiger partial charge in [-0.15, -0.1) is 23.5 Å². The Morgan fingerprint density at radius 1 is 1.08 bits per heavy atom. The molecule has 2 rings (SSSR count). The third-order valence-electron chi connectivity index (χ3n) is 5.60. The van der Waals surface area contributed by atoms with E-state index in [0.29, 0.717) is 28.2 Å². The number of nitrogens with zero attached hydrogens (tertiary/aromatic N) is 1. The van der Waals surface area contributed by atoms with E-state index < -0.39 is 12.0 Å². The van der Waals surface area contributed by atoms with Gasteiger partial charge in [0.25, 0.3) is 0 Å². The highest BCUT2D eigenvalue weighted by molar-refractivity contribution is 8.22. The summed E-state index contributed by atoms with van der Waals surface area (Å²) in [6.07, 6.45) is -0.0846. The maximum atomic E-state index is 13.9. The van der Waals surface area contributed by atoms with E-state index in [-0.39, 0.29) is 46.6 Å². The van der Waals surface area contributed by atoms with Crippen LogP contribution in [0, 0.1) is 10.1 Å². The second-order valence-corrected chi connectivity index (χ2v) is 10.9. The summed E-state index contributed by atoms with van der Waals surface area (Å²) in [5.41, 5.74) is 1.57. The van der Waals surface area contributed by atoms with Crippen LogP contribution in [0.5, 0.6) is 11.5 Å². The third-order valence-corrected chi connectivity index (χ3v) is 7.82. The Bertz CT molecular complexity index is 1110. The van der Waals surface area contributed by atoms with Gasteiger partial charge in [-0.1, -0.05) is 44.2 Å². The quantitative estimate of drug-likeness (QED) is 0.126. The van der Waals surface area contributed by atoms with E-state index in [1.807, 2.05) is 19.9 Å². The predicted molar refractivity (Wildman–Crippen MR) is 148 cm³/mol. The lowest BCUT2D eigenvalue weighted by Gasteiger charge is -2.21. The summed E-state index contributed by atoms with van der Waals surface area (Å²) < 4.78 is 6.42. The summed E-state index contributed by atoms with van der Waals surface area (Å²) >= 11 is 3.01. The van der Waals surface area contributed by atoms with Crippen molar-refractivity contribution < 1.29 is 24.4 Å². The zero-order valence-corrected chi connectivity index (χ0v) is 22.9. The molecule has 0 aliphatic rings. The highest BCUT2D eigenvalue weighted by Gasteiger charge is 2.33. The molecular weight excluding hydrogens is 498 g/mol. The SMILES string of the molecule is CCOc1cc(C(C(=O)CC(c2ccccc2)C(C)[N+](=O)[O-])=C(SCC)SCC)cc(O)c1C(C)=O. The maximum absolute atomic E-state index is 13.9. The molecule has 1 N–H and O–H groups in total. The summed E-state index contributed by atoms with van der Waals surface area (Å²) in [4.78, 5) is 37.5. The van der Waals surface area contributed by atoms with Gasteiger partial charge in [0.15, 0.2) is 11.6 Å². The molecule has 7 nitrogen and oxygen atoms in total. The molecule has 0 aliphatic heterocycles. The molecule has 36 heavy (non-hydrogen) atoms. The molecule has 0 amide bonds. The molecule has 2 atom stereocenters. The van der Waals surface area contributed by atoms with E-state index >= 15 is 0 Å². The zero-order chi connectivity index (χ0) is 26.8. The van der Waals surface area contributed by atoms with Gasteiger partial charge in [0.2, 0.25) is 6.04 Å². The van der Waals surface area contributed by atoms with Gasteiger partial charge in [-0.25, -0.2) is 0 Å². The van der Waals surface area contributed by atoms with Gasteiger partial charge >= 0.3 is 0 Å². The van der Waals surface area contributed by atoms with Crippen LogP contribution < -0.4 is 4.74 Å². The highest BCUT2D eigenvalue weighted by atomic mass is 32.2. The minimum absolute atomic E-state index is 0.0596. The maximum Gasteiger partial charge on any atom is 0.217 e. The number of nitro groups is 1. The topological polar surface area (TPSA) is 107 Å². The zero-order valence-electron chi connectivity index (χ0n) is 21.3. The molecule has 0 aliphatic carbocycles. The minimum atomic E-state index is -0.980.